The summed E-state index contributed by atoms with van der Waals surface area (Å²) in [7, 11) is 0. The van der Waals surface area contributed by atoms with E-state index in [4.69, 9.17) is 10.4 Å². The number of nitrogens with one attached hydrogen (secondary N) is 1. The molecule has 0 bridgehead atoms. The number of allylic oxidation sites excluding steroid dienone is 12. The molecule has 42 heavy (non-hydrogen) atoms. The van der Waals surface area contributed by atoms with Crippen LogP contribution in [0.4, 0.5) is 0 Å². The second-order valence-electron chi connectivity index (χ2n) is 10.2. The predicted molar refractivity (Wildman–Crippen MR) is 182 cm³/mol. The van der Waals surface area contributed by atoms with Crippen molar-refractivity contribution >= 4 is 50.3 Å². The van der Waals surface area contributed by atoms with Gasteiger partial charge in [0, 0.05) is 27.8 Å². The van der Waals surface area contributed by atoms with Crippen molar-refractivity contribution in [3.05, 3.63) is 145 Å². The standard InChI is InChI=1S/C38H36N4/c1-6-9-17-28(7-2)27(5)40-37(39)26(4)24-25-29(8-3)36-35(30-18-11-10-12-19-30)31-20-13-15-22-33(31)42-34-23-16-14-21-32(34)41-38(36)42/h6-9,11,13-25,39H,2,4,10,12H2,1,3,5H3/b9-6-,25-24-,28-17+,29-8+,39-37?,40-27+. The van der Waals surface area contributed by atoms with Crippen LogP contribution in [0.15, 0.2) is 139 Å². The van der Waals surface area contributed by atoms with Gasteiger partial charge in [-0.1, -0.05) is 104 Å². The van der Waals surface area contributed by atoms with E-state index in [2.05, 4.69) is 89.3 Å². The molecule has 0 radical (unpaired) electrons. The Morgan fingerprint density at radius 3 is 2.50 bits per heavy atom. The highest BCUT2D eigenvalue weighted by Gasteiger charge is 2.22. The van der Waals surface area contributed by atoms with Gasteiger partial charge in [0.2, 0.25) is 0 Å². The zero-order valence-electron chi connectivity index (χ0n) is 24.6. The quantitative estimate of drug-likeness (QED) is 0.133. The van der Waals surface area contributed by atoms with Crippen molar-refractivity contribution in [2.24, 2.45) is 4.99 Å². The lowest BCUT2D eigenvalue weighted by Crippen LogP contribution is -2.03. The second-order valence-corrected chi connectivity index (χ2v) is 10.2. The van der Waals surface area contributed by atoms with Crippen molar-refractivity contribution in [1.82, 2.24) is 9.38 Å². The summed E-state index contributed by atoms with van der Waals surface area (Å²) in [5.41, 5.74) is 10.6. The number of aromatic nitrogens is 2. The number of pyridine rings is 1. The average Bonchev–Trinajstić information content (AvgIpc) is 3.41. The predicted octanol–water partition coefficient (Wildman–Crippen LogP) is 10.0. The first kappa shape index (κ1) is 28.4. The van der Waals surface area contributed by atoms with Crippen LogP contribution in [-0.4, -0.2) is 20.9 Å². The molecule has 0 fully saturated rings. The fraction of sp³-hybridized carbons (Fsp3) is 0.132. The van der Waals surface area contributed by atoms with Gasteiger partial charge < -0.3 is 0 Å². The second kappa shape index (κ2) is 12.6. The number of aliphatic imine (C=N–C) groups is 1. The molecule has 0 aliphatic heterocycles. The molecule has 1 aliphatic rings. The van der Waals surface area contributed by atoms with E-state index < -0.39 is 0 Å². The number of para-hydroxylation sites is 3. The smallest absolute Gasteiger partial charge is 0.151 e. The molecule has 2 aromatic heterocycles. The van der Waals surface area contributed by atoms with Crippen LogP contribution in [0, 0.1) is 5.41 Å². The fourth-order valence-electron chi connectivity index (χ4n) is 5.37. The Hall–Kier alpha value is -5.09. The van der Waals surface area contributed by atoms with E-state index in [0.717, 1.165) is 51.7 Å². The Morgan fingerprint density at radius 1 is 1.02 bits per heavy atom. The van der Waals surface area contributed by atoms with Gasteiger partial charge in [-0.15, -0.1) is 0 Å². The van der Waals surface area contributed by atoms with Gasteiger partial charge in [-0.05, 0) is 68.5 Å². The van der Waals surface area contributed by atoms with E-state index in [1.807, 2.05) is 57.2 Å². The minimum Gasteiger partial charge on any atom is -0.292 e. The number of amidine groups is 1. The van der Waals surface area contributed by atoms with Crippen LogP contribution >= 0.6 is 0 Å². The van der Waals surface area contributed by atoms with Gasteiger partial charge in [0.1, 0.15) is 5.65 Å². The molecule has 0 amide bonds. The first-order chi connectivity index (χ1) is 20.5. The summed E-state index contributed by atoms with van der Waals surface area (Å²) in [6.07, 6.45) is 22.4. The summed E-state index contributed by atoms with van der Waals surface area (Å²) in [6, 6.07) is 16.9. The molecule has 4 nitrogen and oxygen atoms in total. The van der Waals surface area contributed by atoms with Gasteiger partial charge in [-0.2, -0.15) is 0 Å². The lowest BCUT2D eigenvalue weighted by molar-refractivity contribution is 1.04. The third-order valence-corrected chi connectivity index (χ3v) is 7.49. The molecule has 0 atom stereocenters. The van der Waals surface area contributed by atoms with Crippen LogP contribution < -0.4 is 0 Å². The minimum absolute atomic E-state index is 0.112. The van der Waals surface area contributed by atoms with Crippen LogP contribution in [0.2, 0.25) is 0 Å². The number of hydrogen-bond donors (Lipinski definition) is 1. The van der Waals surface area contributed by atoms with E-state index in [-0.39, 0.29) is 5.84 Å². The molecule has 4 heteroatoms. The Bertz CT molecular complexity index is 1950. The van der Waals surface area contributed by atoms with Gasteiger partial charge in [0.15, 0.2) is 5.84 Å². The Balaban J connectivity index is 1.68. The number of rotatable bonds is 8. The molecule has 0 saturated heterocycles. The monoisotopic (exact) mass is 548 g/mol. The Morgan fingerprint density at radius 2 is 1.79 bits per heavy atom. The van der Waals surface area contributed by atoms with E-state index >= 15 is 0 Å². The molecule has 5 rings (SSSR count). The van der Waals surface area contributed by atoms with E-state index in [1.54, 1.807) is 6.08 Å². The number of benzene rings is 2. The van der Waals surface area contributed by atoms with Crippen molar-refractivity contribution in [2.45, 2.75) is 33.6 Å². The van der Waals surface area contributed by atoms with Crippen molar-refractivity contribution in [3.63, 3.8) is 0 Å². The molecular formula is C38H36N4. The molecule has 2 heterocycles. The highest BCUT2D eigenvalue weighted by molar-refractivity contribution is 6.12. The van der Waals surface area contributed by atoms with E-state index in [0.29, 0.717) is 11.3 Å². The van der Waals surface area contributed by atoms with Crippen molar-refractivity contribution in [1.29, 1.82) is 5.41 Å². The molecule has 1 aliphatic carbocycles. The zero-order chi connectivity index (χ0) is 29.6. The Labute approximate surface area is 248 Å². The van der Waals surface area contributed by atoms with Crippen LogP contribution in [0.25, 0.3) is 38.7 Å². The number of imidazole rings is 1. The summed E-state index contributed by atoms with van der Waals surface area (Å²) in [6.45, 7) is 13.9. The molecule has 0 spiro atoms. The van der Waals surface area contributed by atoms with Crippen LogP contribution in [0.3, 0.4) is 0 Å². The van der Waals surface area contributed by atoms with Gasteiger partial charge in [-0.25, -0.2) is 9.98 Å². The minimum atomic E-state index is 0.112. The lowest BCUT2D eigenvalue weighted by Gasteiger charge is -2.19. The van der Waals surface area contributed by atoms with Gasteiger partial charge in [-0.3, -0.25) is 9.81 Å². The van der Waals surface area contributed by atoms with Crippen molar-refractivity contribution < 1.29 is 0 Å². The van der Waals surface area contributed by atoms with Crippen LogP contribution in [-0.2, 0) is 0 Å². The third-order valence-electron chi connectivity index (χ3n) is 7.49. The molecular weight excluding hydrogens is 512 g/mol. The SMILES string of the molecule is C=CC(=C\C=C/C)/C(C)=N/C(=N)C(=C)/C=C\C(=C/C)c1c(C2=CCCC=C2)c2ccccc2n2c1nc1ccccc12. The Kier molecular flexibility index (Phi) is 8.54. The van der Waals surface area contributed by atoms with Crippen molar-refractivity contribution in [2.75, 3.05) is 0 Å². The molecule has 1 N–H and O–H groups in total. The molecule has 2 aromatic carbocycles. The topological polar surface area (TPSA) is 53.5 Å². The first-order valence-electron chi connectivity index (χ1n) is 14.3. The maximum atomic E-state index is 8.62. The molecule has 0 saturated carbocycles. The van der Waals surface area contributed by atoms with Crippen LogP contribution in [0.1, 0.15) is 44.7 Å². The van der Waals surface area contributed by atoms with Gasteiger partial charge in [0.05, 0.1) is 16.6 Å². The summed E-state index contributed by atoms with van der Waals surface area (Å²) in [4.78, 5) is 9.68. The summed E-state index contributed by atoms with van der Waals surface area (Å²) in [5.74, 6) is 0.112. The molecule has 208 valence electrons. The number of nitrogens with zero attached hydrogens (tertiary/aromatic N) is 3. The third kappa shape index (κ3) is 5.44. The molecule has 4 aromatic rings. The van der Waals surface area contributed by atoms with Gasteiger partial charge in [0.25, 0.3) is 0 Å². The average molecular weight is 549 g/mol. The van der Waals surface area contributed by atoms with E-state index in [1.165, 1.54) is 16.5 Å². The normalized spacial score (nSPS) is 14.9. The highest BCUT2D eigenvalue weighted by Crippen LogP contribution is 2.39. The summed E-state index contributed by atoms with van der Waals surface area (Å²) >= 11 is 0. The summed E-state index contributed by atoms with van der Waals surface area (Å²) in [5, 5.41) is 9.79. The fourth-order valence-corrected chi connectivity index (χ4v) is 5.37. The maximum Gasteiger partial charge on any atom is 0.151 e. The number of fused-ring (bicyclic) bond motifs is 5. The maximum absolute atomic E-state index is 8.62. The van der Waals surface area contributed by atoms with Gasteiger partial charge >= 0.3 is 0 Å². The lowest BCUT2D eigenvalue weighted by atomic mass is 9.88. The van der Waals surface area contributed by atoms with Crippen LogP contribution in [0.5, 0.6) is 0 Å². The van der Waals surface area contributed by atoms with Crippen molar-refractivity contribution in [3.8, 4) is 0 Å². The largest absolute Gasteiger partial charge is 0.292 e. The zero-order valence-corrected chi connectivity index (χ0v) is 24.6. The number of hydrogen-bond acceptors (Lipinski definition) is 2. The summed E-state index contributed by atoms with van der Waals surface area (Å²) < 4.78 is 2.27. The first-order valence-corrected chi connectivity index (χ1v) is 14.3. The molecule has 0 unspecified atom stereocenters. The highest BCUT2D eigenvalue weighted by atomic mass is 15.0. The van der Waals surface area contributed by atoms with E-state index in [9.17, 15) is 0 Å².